The molecule has 2 saturated heterocycles. The molecule has 0 aliphatic carbocycles. The Labute approximate surface area is 132 Å². The average Bonchev–Trinajstić information content (AvgIpc) is 2.93. The van der Waals surface area contributed by atoms with E-state index in [-0.39, 0.29) is 0 Å². The van der Waals surface area contributed by atoms with Crippen molar-refractivity contribution in [1.29, 1.82) is 0 Å². The van der Waals surface area contributed by atoms with Crippen LogP contribution in [0, 0.1) is 0 Å². The fraction of sp³-hybridized carbons (Fsp3) is 0.500. The van der Waals surface area contributed by atoms with E-state index in [1.807, 2.05) is 19.9 Å². The Balaban J connectivity index is 0.000000693. The number of hydrogen-bond acceptors (Lipinski definition) is 4. The maximum atomic E-state index is 5.90. The molecule has 4 nitrogen and oxygen atoms in total. The van der Waals surface area contributed by atoms with E-state index in [9.17, 15) is 0 Å². The summed E-state index contributed by atoms with van der Waals surface area (Å²) in [6, 6.07) is 8.32. The Morgan fingerprint density at radius 1 is 1.14 bits per heavy atom. The van der Waals surface area contributed by atoms with Crippen LogP contribution in [0.25, 0.3) is 10.9 Å². The highest BCUT2D eigenvalue weighted by molar-refractivity contribution is 5.88. The summed E-state index contributed by atoms with van der Waals surface area (Å²) in [5.74, 6) is 0.882. The number of anilines is 1. The van der Waals surface area contributed by atoms with Crippen molar-refractivity contribution >= 4 is 16.6 Å². The van der Waals surface area contributed by atoms with Crippen LogP contribution in [0.1, 0.15) is 26.7 Å². The van der Waals surface area contributed by atoms with Crippen LogP contribution in [0.2, 0.25) is 0 Å². The van der Waals surface area contributed by atoms with Crippen LogP contribution in [0.5, 0.6) is 5.75 Å². The third-order valence-corrected chi connectivity index (χ3v) is 4.31. The molecule has 2 aromatic rings. The number of pyridine rings is 1. The number of methoxy groups -OCH3 is 1. The van der Waals surface area contributed by atoms with Crippen LogP contribution >= 0.6 is 0 Å². The van der Waals surface area contributed by atoms with Gasteiger partial charge in [-0.3, -0.25) is 4.98 Å². The Hall–Kier alpha value is -1.81. The lowest BCUT2D eigenvalue weighted by Gasteiger charge is -2.34. The monoisotopic (exact) mass is 300 g/mol. The highest BCUT2D eigenvalue weighted by Crippen LogP contribution is 2.32. The van der Waals surface area contributed by atoms with Crippen LogP contribution in [-0.2, 0) is 4.74 Å². The van der Waals surface area contributed by atoms with E-state index in [2.05, 4.69) is 28.1 Å². The van der Waals surface area contributed by atoms with Gasteiger partial charge in [-0.05, 0) is 37.1 Å². The van der Waals surface area contributed by atoms with Crippen LogP contribution in [0.15, 0.2) is 30.5 Å². The SMILES string of the molecule is CC.COc1ccnc2ccc(N3CC4CCC(C3)O4)cc12. The number of rotatable bonds is 2. The van der Waals surface area contributed by atoms with E-state index in [1.54, 1.807) is 13.3 Å². The standard InChI is InChI=1S/C16H18N2O2.C2H6/c1-19-16-6-7-17-15-5-2-11(8-14(15)16)18-9-12-3-4-13(10-18)20-12;1-2/h2,5-8,12-13H,3-4,9-10H2,1H3;1-2H3. The molecule has 2 bridgehead atoms. The molecule has 1 aromatic heterocycles. The van der Waals surface area contributed by atoms with Crippen LogP contribution < -0.4 is 9.64 Å². The summed E-state index contributed by atoms with van der Waals surface area (Å²) in [4.78, 5) is 6.82. The first kappa shape index (κ1) is 15.1. The summed E-state index contributed by atoms with van der Waals surface area (Å²) < 4.78 is 11.3. The maximum absolute atomic E-state index is 5.90. The first-order valence-electron chi connectivity index (χ1n) is 8.16. The Morgan fingerprint density at radius 2 is 1.86 bits per heavy atom. The fourth-order valence-electron chi connectivity index (χ4n) is 3.31. The van der Waals surface area contributed by atoms with Crippen LogP contribution in [0.3, 0.4) is 0 Å². The summed E-state index contributed by atoms with van der Waals surface area (Å²) in [6.45, 7) is 5.98. The highest BCUT2D eigenvalue weighted by Gasteiger charge is 2.33. The lowest BCUT2D eigenvalue weighted by atomic mass is 10.1. The minimum absolute atomic E-state index is 0.403. The largest absolute Gasteiger partial charge is 0.496 e. The molecule has 0 radical (unpaired) electrons. The number of hydrogen-bond donors (Lipinski definition) is 0. The summed E-state index contributed by atoms with van der Waals surface area (Å²) in [5, 5.41) is 1.08. The summed E-state index contributed by atoms with van der Waals surface area (Å²) in [7, 11) is 1.70. The molecule has 2 unspecified atom stereocenters. The predicted molar refractivity (Wildman–Crippen MR) is 89.8 cm³/mol. The molecule has 2 aliphatic heterocycles. The number of benzene rings is 1. The molecule has 2 fully saturated rings. The third-order valence-electron chi connectivity index (χ3n) is 4.31. The fourth-order valence-corrected chi connectivity index (χ4v) is 3.31. The molecule has 4 rings (SSSR count). The van der Waals surface area contributed by atoms with Crippen molar-refractivity contribution in [1.82, 2.24) is 4.98 Å². The minimum Gasteiger partial charge on any atom is -0.496 e. The van der Waals surface area contributed by atoms with Gasteiger partial charge < -0.3 is 14.4 Å². The first-order chi connectivity index (χ1) is 10.8. The van der Waals surface area contributed by atoms with E-state index in [1.165, 1.54) is 18.5 Å². The molecule has 1 aromatic carbocycles. The smallest absolute Gasteiger partial charge is 0.129 e. The van der Waals surface area contributed by atoms with Gasteiger partial charge in [0.05, 0.1) is 24.8 Å². The normalized spacial score (nSPS) is 23.1. The average molecular weight is 300 g/mol. The van der Waals surface area contributed by atoms with Crippen molar-refractivity contribution in [3.05, 3.63) is 30.5 Å². The molecule has 118 valence electrons. The summed E-state index contributed by atoms with van der Waals surface area (Å²) >= 11 is 0. The molecule has 2 atom stereocenters. The predicted octanol–water partition coefficient (Wildman–Crippen LogP) is 3.64. The maximum Gasteiger partial charge on any atom is 0.129 e. The Kier molecular flexibility index (Phi) is 4.48. The van der Waals surface area contributed by atoms with Crippen molar-refractivity contribution in [2.45, 2.75) is 38.9 Å². The van der Waals surface area contributed by atoms with Gasteiger partial charge in [-0.1, -0.05) is 13.8 Å². The molecule has 2 aliphatic rings. The van der Waals surface area contributed by atoms with Gasteiger partial charge in [0.15, 0.2) is 0 Å². The zero-order valence-electron chi connectivity index (χ0n) is 13.6. The number of ether oxygens (including phenoxy) is 2. The van der Waals surface area contributed by atoms with E-state index in [0.717, 1.165) is 29.7 Å². The second kappa shape index (κ2) is 6.53. The highest BCUT2D eigenvalue weighted by atomic mass is 16.5. The van der Waals surface area contributed by atoms with Gasteiger partial charge in [0.25, 0.3) is 0 Å². The van der Waals surface area contributed by atoms with Crippen LogP contribution in [-0.4, -0.2) is 37.4 Å². The van der Waals surface area contributed by atoms with Crippen molar-refractivity contribution in [3.8, 4) is 5.75 Å². The summed E-state index contributed by atoms with van der Waals surface area (Å²) in [5.41, 5.74) is 2.22. The molecule has 0 N–H and O–H groups in total. The van der Waals surface area contributed by atoms with Crippen LogP contribution in [0.4, 0.5) is 5.69 Å². The Morgan fingerprint density at radius 3 is 2.55 bits per heavy atom. The van der Waals surface area contributed by atoms with Gasteiger partial charge in [-0.2, -0.15) is 0 Å². The minimum atomic E-state index is 0.403. The van der Waals surface area contributed by atoms with E-state index in [4.69, 9.17) is 9.47 Å². The topological polar surface area (TPSA) is 34.6 Å². The van der Waals surface area contributed by atoms with Gasteiger partial charge in [-0.15, -0.1) is 0 Å². The summed E-state index contributed by atoms with van der Waals surface area (Å²) in [6.07, 6.45) is 4.98. The Bertz CT molecular complexity index is 632. The molecular weight excluding hydrogens is 276 g/mol. The zero-order chi connectivity index (χ0) is 15.5. The molecule has 3 heterocycles. The second-order valence-corrected chi connectivity index (χ2v) is 5.58. The van der Waals surface area contributed by atoms with E-state index < -0.39 is 0 Å². The van der Waals surface area contributed by atoms with Crippen molar-refractivity contribution in [3.63, 3.8) is 0 Å². The molecule has 0 saturated carbocycles. The first-order valence-corrected chi connectivity index (χ1v) is 8.16. The zero-order valence-corrected chi connectivity index (χ0v) is 13.6. The molecule has 0 amide bonds. The lowest BCUT2D eigenvalue weighted by Crippen LogP contribution is -2.42. The second-order valence-electron chi connectivity index (χ2n) is 5.58. The number of aromatic nitrogens is 1. The van der Waals surface area contributed by atoms with E-state index >= 15 is 0 Å². The number of morpholine rings is 1. The van der Waals surface area contributed by atoms with Gasteiger partial charge >= 0.3 is 0 Å². The van der Waals surface area contributed by atoms with Gasteiger partial charge in [0.2, 0.25) is 0 Å². The van der Waals surface area contributed by atoms with E-state index in [0.29, 0.717) is 12.2 Å². The van der Waals surface area contributed by atoms with Crippen molar-refractivity contribution in [2.24, 2.45) is 0 Å². The molecule has 22 heavy (non-hydrogen) atoms. The number of fused-ring (bicyclic) bond motifs is 3. The van der Waals surface area contributed by atoms with Crippen molar-refractivity contribution < 1.29 is 9.47 Å². The lowest BCUT2D eigenvalue weighted by molar-refractivity contribution is 0.0305. The quantitative estimate of drug-likeness (QED) is 0.848. The van der Waals surface area contributed by atoms with Gasteiger partial charge in [-0.25, -0.2) is 0 Å². The molecule has 0 spiro atoms. The third kappa shape index (κ3) is 2.75. The van der Waals surface area contributed by atoms with Gasteiger partial charge in [0, 0.05) is 30.4 Å². The van der Waals surface area contributed by atoms with Gasteiger partial charge in [0.1, 0.15) is 5.75 Å². The molecule has 4 heteroatoms. The number of nitrogens with zero attached hydrogens (tertiary/aromatic N) is 2. The molecular formula is C18H24N2O2. The van der Waals surface area contributed by atoms with Crippen molar-refractivity contribution in [2.75, 3.05) is 25.1 Å².